The molecule has 0 spiro atoms. The Morgan fingerprint density at radius 1 is 1.52 bits per heavy atom. The number of carbonyl (C=O) groups excluding carboxylic acids is 2. The Kier molecular flexibility index (Phi) is 4.75. The summed E-state index contributed by atoms with van der Waals surface area (Å²) in [6, 6.07) is 5.57. The molecule has 27 heavy (non-hydrogen) atoms. The van der Waals surface area contributed by atoms with Gasteiger partial charge in [-0.1, -0.05) is 12.1 Å². The third kappa shape index (κ3) is 3.31. The molecule has 2 aliphatic rings. The van der Waals surface area contributed by atoms with E-state index in [0.717, 1.165) is 0 Å². The smallest absolute Gasteiger partial charge is 0.460 e. The van der Waals surface area contributed by atoms with E-state index in [2.05, 4.69) is 5.32 Å². The van der Waals surface area contributed by atoms with Gasteiger partial charge in [0, 0.05) is 17.8 Å². The molecule has 1 aromatic rings. The SMILES string of the molecule is CCOC(=O)OC1=C(C)NC2(O)COC(=O)C2C1c1cccc([N+](=O)[O-])c1. The van der Waals surface area contributed by atoms with Gasteiger partial charge in [-0.25, -0.2) is 4.79 Å². The minimum Gasteiger partial charge on any atom is -0.460 e. The summed E-state index contributed by atoms with van der Waals surface area (Å²) in [6.07, 6.45) is -0.985. The number of rotatable bonds is 4. The van der Waals surface area contributed by atoms with Crippen LogP contribution in [0, 0.1) is 16.0 Å². The molecule has 2 heterocycles. The van der Waals surface area contributed by atoms with E-state index in [1.165, 1.54) is 18.2 Å². The van der Waals surface area contributed by atoms with Gasteiger partial charge in [0.25, 0.3) is 5.69 Å². The van der Waals surface area contributed by atoms with Crippen molar-refractivity contribution in [3.8, 4) is 0 Å². The van der Waals surface area contributed by atoms with Crippen molar-refractivity contribution < 1.29 is 33.8 Å². The summed E-state index contributed by atoms with van der Waals surface area (Å²) in [5.74, 6) is -2.82. The van der Waals surface area contributed by atoms with Gasteiger partial charge in [-0.05, 0) is 19.4 Å². The van der Waals surface area contributed by atoms with Gasteiger partial charge in [0.15, 0.2) is 5.72 Å². The van der Waals surface area contributed by atoms with Gasteiger partial charge in [0.2, 0.25) is 0 Å². The van der Waals surface area contributed by atoms with Crippen LogP contribution >= 0.6 is 0 Å². The highest BCUT2D eigenvalue weighted by atomic mass is 16.7. The summed E-state index contributed by atoms with van der Waals surface area (Å²) in [5, 5.41) is 24.7. The molecule has 10 nitrogen and oxygen atoms in total. The van der Waals surface area contributed by atoms with Gasteiger partial charge in [0.1, 0.15) is 18.3 Å². The third-order valence-corrected chi connectivity index (χ3v) is 4.49. The van der Waals surface area contributed by atoms with Crippen molar-refractivity contribution >= 4 is 17.8 Å². The van der Waals surface area contributed by atoms with Gasteiger partial charge in [-0.2, -0.15) is 0 Å². The lowest BCUT2D eigenvalue weighted by atomic mass is 9.76. The molecule has 2 N–H and O–H groups in total. The Morgan fingerprint density at radius 3 is 2.93 bits per heavy atom. The van der Waals surface area contributed by atoms with Crippen LogP contribution in [0.5, 0.6) is 0 Å². The topological polar surface area (TPSA) is 137 Å². The van der Waals surface area contributed by atoms with Crippen LogP contribution in [0.25, 0.3) is 0 Å². The highest BCUT2D eigenvalue weighted by Gasteiger charge is 2.58. The van der Waals surface area contributed by atoms with E-state index < -0.39 is 34.6 Å². The summed E-state index contributed by atoms with van der Waals surface area (Å²) >= 11 is 0. The monoisotopic (exact) mass is 378 g/mol. The quantitative estimate of drug-likeness (QED) is 0.454. The lowest BCUT2D eigenvalue weighted by molar-refractivity contribution is -0.384. The molecule has 3 atom stereocenters. The van der Waals surface area contributed by atoms with Crippen molar-refractivity contribution in [3.05, 3.63) is 51.4 Å². The number of nitrogens with zero attached hydrogens (tertiary/aromatic N) is 1. The van der Waals surface area contributed by atoms with Crippen molar-refractivity contribution in [2.24, 2.45) is 5.92 Å². The fraction of sp³-hybridized carbons (Fsp3) is 0.412. The number of benzene rings is 1. The first-order valence-corrected chi connectivity index (χ1v) is 8.23. The number of hydrogen-bond acceptors (Lipinski definition) is 9. The van der Waals surface area contributed by atoms with Gasteiger partial charge < -0.3 is 24.6 Å². The molecule has 1 saturated heterocycles. The molecule has 2 aliphatic heterocycles. The van der Waals surface area contributed by atoms with Gasteiger partial charge >= 0.3 is 12.1 Å². The second kappa shape index (κ2) is 6.88. The largest absolute Gasteiger partial charge is 0.513 e. The number of carbonyl (C=O) groups is 2. The number of cyclic esters (lactones) is 1. The minimum absolute atomic E-state index is 0.0301. The number of allylic oxidation sites excluding steroid dienone is 2. The van der Waals surface area contributed by atoms with E-state index in [1.807, 2.05) is 0 Å². The van der Waals surface area contributed by atoms with Gasteiger partial charge in [-0.3, -0.25) is 14.9 Å². The van der Waals surface area contributed by atoms with Crippen molar-refractivity contribution in [1.29, 1.82) is 0 Å². The predicted octanol–water partition coefficient (Wildman–Crippen LogP) is 1.55. The molecule has 0 bridgehead atoms. The average Bonchev–Trinajstić information content (AvgIpc) is 2.90. The van der Waals surface area contributed by atoms with E-state index in [0.29, 0.717) is 5.56 Å². The summed E-state index contributed by atoms with van der Waals surface area (Å²) in [4.78, 5) is 34.8. The molecule has 3 unspecified atom stereocenters. The van der Waals surface area contributed by atoms with Crippen molar-refractivity contribution in [2.75, 3.05) is 13.2 Å². The Morgan fingerprint density at radius 2 is 2.26 bits per heavy atom. The zero-order valence-electron chi connectivity index (χ0n) is 14.6. The van der Waals surface area contributed by atoms with Crippen LogP contribution < -0.4 is 5.32 Å². The average molecular weight is 378 g/mol. The standard InChI is InChI=1S/C17H18N2O8/c1-3-25-16(21)27-14-9(2)18-17(22)8-26-15(20)13(17)12(14)10-5-4-6-11(7-10)19(23)24/h4-7,12-13,18,22H,3,8H2,1-2H3. The fourth-order valence-corrected chi connectivity index (χ4v) is 3.40. The van der Waals surface area contributed by atoms with Crippen LogP contribution in [0.1, 0.15) is 25.3 Å². The van der Waals surface area contributed by atoms with Crippen LogP contribution in [0.4, 0.5) is 10.5 Å². The predicted molar refractivity (Wildman–Crippen MR) is 89.2 cm³/mol. The molecule has 0 aliphatic carbocycles. The number of esters is 1. The molecule has 1 aromatic carbocycles. The number of ether oxygens (including phenoxy) is 3. The lowest BCUT2D eigenvalue weighted by Crippen LogP contribution is -2.56. The minimum atomic E-state index is -1.72. The Bertz CT molecular complexity index is 836. The lowest BCUT2D eigenvalue weighted by Gasteiger charge is -2.39. The van der Waals surface area contributed by atoms with E-state index in [4.69, 9.17) is 14.2 Å². The maximum Gasteiger partial charge on any atom is 0.513 e. The molecule has 0 radical (unpaired) electrons. The number of nitro groups is 1. The molecule has 1 fully saturated rings. The normalized spacial score (nSPS) is 26.7. The fourth-order valence-electron chi connectivity index (χ4n) is 3.40. The van der Waals surface area contributed by atoms with Crippen LogP contribution in [-0.2, 0) is 19.0 Å². The van der Waals surface area contributed by atoms with Crippen LogP contribution in [0.2, 0.25) is 0 Å². The van der Waals surface area contributed by atoms with Crippen molar-refractivity contribution in [1.82, 2.24) is 5.32 Å². The van der Waals surface area contributed by atoms with Crippen molar-refractivity contribution in [3.63, 3.8) is 0 Å². The summed E-state index contributed by atoms with van der Waals surface area (Å²) in [6.45, 7) is 2.93. The van der Waals surface area contributed by atoms with Crippen LogP contribution in [0.15, 0.2) is 35.7 Å². The summed E-state index contributed by atoms with van der Waals surface area (Å²) < 4.78 is 15.1. The summed E-state index contributed by atoms with van der Waals surface area (Å²) in [7, 11) is 0. The van der Waals surface area contributed by atoms with E-state index in [9.17, 15) is 24.8 Å². The molecule has 10 heteroatoms. The molecule has 0 saturated carbocycles. The molecule has 3 rings (SSSR count). The number of aliphatic hydroxyl groups is 1. The number of nitro benzene ring substituents is 1. The number of hydrogen-bond donors (Lipinski definition) is 2. The molecular formula is C17H18N2O8. The van der Waals surface area contributed by atoms with Crippen LogP contribution in [0.3, 0.4) is 0 Å². The van der Waals surface area contributed by atoms with E-state index >= 15 is 0 Å². The van der Waals surface area contributed by atoms with E-state index in [-0.39, 0.29) is 30.4 Å². The number of non-ortho nitro benzene ring substituents is 1. The van der Waals surface area contributed by atoms with Gasteiger partial charge in [0.05, 0.1) is 17.4 Å². The highest BCUT2D eigenvalue weighted by Crippen LogP contribution is 2.46. The summed E-state index contributed by atoms with van der Waals surface area (Å²) in [5.41, 5.74) is -1.31. The molecular weight excluding hydrogens is 360 g/mol. The number of nitrogens with one attached hydrogen (secondary N) is 1. The Labute approximate surface area is 153 Å². The van der Waals surface area contributed by atoms with E-state index in [1.54, 1.807) is 19.9 Å². The maximum atomic E-state index is 12.3. The first-order chi connectivity index (χ1) is 12.8. The Hall–Kier alpha value is -3.14. The second-order valence-corrected chi connectivity index (χ2v) is 6.24. The zero-order chi connectivity index (χ0) is 19.8. The first-order valence-electron chi connectivity index (χ1n) is 8.23. The molecule has 0 aromatic heterocycles. The van der Waals surface area contributed by atoms with Crippen LogP contribution in [-0.4, -0.2) is 41.1 Å². The first kappa shape index (κ1) is 18.6. The Balaban J connectivity index is 2.12. The molecule has 0 amide bonds. The maximum absolute atomic E-state index is 12.3. The molecule has 144 valence electrons. The zero-order valence-corrected chi connectivity index (χ0v) is 14.6. The third-order valence-electron chi connectivity index (χ3n) is 4.49. The number of fused-ring (bicyclic) bond motifs is 1. The van der Waals surface area contributed by atoms with Crippen molar-refractivity contribution in [2.45, 2.75) is 25.5 Å². The highest BCUT2D eigenvalue weighted by molar-refractivity contribution is 5.79. The second-order valence-electron chi connectivity index (χ2n) is 6.24. The van der Waals surface area contributed by atoms with Gasteiger partial charge in [-0.15, -0.1) is 0 Å².